The van der Waals surface area contributed by atoms with Gasteiger partial charge in [-0.2, -0.15) is 0 Å². The second-order valence-corrected chi connectivity index (χ2v) is 3.14. The van der Waals surface area contributed by atoms with Gasteiger partial charge < -0.3 is 14.6 Å². The maximum Gasteiger partial charge on any atom is 0.0808 e. The van der Waals surface area contributed by atoms with E-state index in [1.165, 1.54) is 6.42 Å². The van der Waals surface area contributed by atoms with Crippen molar-refractivity contribution in [3.05, 3.63) is 0 Å². The molecule has 72 valence electrons. The molecule has 12 heavy (non-hydrogen) atoms. The van der Waals surface area contributed by atoms with Gasteiger partial charge in [0.1, 0.15) is 0 Å². The van der Waals surface area contributed by atoms with Crippen molar-refractivity contribution in [3.8, 4) is 0 Å². The lowest BCUT2D eigenvalue weighted by molar-refractivity contribution is -0.0114. The van der Waals surface area contributed by atoms with E-state index in [-0.39, 0.29) is 12.7 Å². The molecule has 1 rings (SSSR count). The van der Waals surface area contributed by atoms with Gasteiger partial charge in [-0.3, -0.25) is 0 Å². The van der Waals surface area contributed by atoms with Crippen LogP contribution in [0, 0.1) is 0 Å². The summed E-state index contributed by atoms with van der Waals surface area (Å²) in [6, 6.07) is 0. The zero-order valence-electron chi connectivity index (χ0n) is 7.50. The van der Waals surface area contributed by atoms with Crippen LogP contribution in [0.2, 0.25) is 0 Å². The molecule has 0 amide bonds. The molecule has 0 radical (unpaired) electrons. The van der Waals surface area contributed by atoms with Gasteiger partial charge in [-0.1, -0.05) is 0 Å². The molecule has 0 aromatic rings. The van der Waals surface area contributed by atoms with E-state index in [0.29, 0.717) is 6.61 Å². The van der Waals surface area contributed by atoms with Gasteiger partial charge in [0.05, 0.1) is 12.7 Å². The SMILES string of the molecule is OCCCOC1CCCCOC1. The van der Waals surface area contributed by atoms with Crippen molar-refractivity contribution in [3.63, 3.8) is 0 Å². The van der Waals surface area contributed by atoms with E-state index in [2.05, 4.69) is 0 Å². The Bertz CT molecular complexity index is 97.9. The molecular weight excluding hydrogens is 156 g/mol. The third-order valence-corrected chi connectivity index (χ3v) is 2.02. The van der Waals surface area contributed by atoms with Gasteiger partial charge in [0, 0.05) is 19.8 Å². The minimum Gasteiger partial charge on any atom is -0.396 e. The molecule has 0 aliphatic carbocycles. The van der Waals surface area contributed by atoms with E-state index in [1.54, 1.807) is 0 Å². The molecule has 1 saturated heterocycles. The molecule has 0 saturated carbocycles. The van der Waals surface area contributed by atoms with Crippen LogP contribution in [0.1, 0.15) is 25.7 Å². The largest absolute Gasteiger partial charge is 0.396 e. The normalized spacial score (nSPS) is 25.2. The van der Waals surface area contributed by atoms with Crippen molar-refractivity contribution in [1.82, 2.24) is 0 Å². The zero-order valence-corrected chi connectivity index (χ0v) is 7.50. The molecule has 3 heteroatoms. The summed E-state index contributed by atoms with van der Waals surface area (Å²) in [5.41, 5.74) is 0. The molecule has 1 heterocycles. The van der Waals surface area contributed by atoms with Gasteiger partial charge >= 0.3 is 0 Å². The van der Waals surface area contributed by atoms with Gasteiger partial charge in [-0.05, 0) is 25.7 Å². The van der Waals surface area contributed by atoms with Gasteiger partial charge in [0.25, 0.3) is 0 Å². The molecule has 1 atom stereocenters. The Morgan fingerprint density at radius 3 is 3.17 bits per heavy atom. The highest BCUT2D eigenvalue weighted by Gasteiger charge is 2.11. The summed E-state index contributed by atoms with van der Waals surface area (Å²) in [6.07, 6.45) is 4.45. The molecule has 0 bridgehead atoms. The molecule has 1 fully saturated rings. The van der Waals surface area contributed by atoms with Gasteiger partial charge in [-0.25, -0.2) is 0 Å². The monoisotopic (exact) mass is 174 g/mol. The summed E-state index contributed by atoms with van der Waals surface area (Å²) < 4.78 is 10.9. The fourth-order valence-electron chi connectivity index (χ4n) is 1.32. The summed E-state index contributed by atoms with van der Waals surface area (Å²) in [4.78, 5) is 0. The highest BCUT2D eigenvalue weighted by molar-refractivity contribution is 4.61. The Kier molecular flexibility index (Phi) is 5.32. The van der Waals surface area contributed by atoms with Crippen LogP contribution in [-0.4, -0.2) is 37.6 Å². The van der Waals surface area contributed by atoms with Crippen LogP contribution >= 0.6 is 0 Å². The second-order valence-electron chi connectivity index (χ2n) is 3.14. The summed E-state index contributed by atoms with van der Waals surface area (Å²) in [6.45, 7) is 2.48. The summed E-state index contributed by atoms with van der Waals surface area (Å²) in [5, 5.41) is 8.54. The van der Waals surface area contributed by atoms with Gasteiger partial charge in [0.2, 0.25) is 0 Å². The standard InChI is InChI=1S/C9H18O3/c10-5-3-7-12-9-4-1-2-6-11-8-9/h9-10H,1-8H2. The Labute approximate surface area is 73.7 Å². The Balaban J connectivity index is 2.04. The number of aliphatic hydroxyl groups excluding tert-OH is 1. The summed E-state index contributed by atoms with van der Waals surface area (Å²) >= 11 is 0. The first-order valence-electron chi connectivity index (χ1n) is 4.73. The van der Waals surface area contributed by atoms with Crippen LogP contribution < -0.4 is 0 Å². The number of hydrogen-bond acceptors (Lipinski definition) is 3. The average molecular weight is 174 g/mol. The highest BCUT2D eigenvalue weighted by atomic mass is 16.5. The molecule has 0 aromatic carbocycles. The molecule has 0 aromatic heterocycles. The van der Waals surface area contributed by atoms with Gasteiger partial charge in [0.15, 0.2) is 0 Å². The Morgan fingerprint density at radius 2 is 2.33 bits per heavy atom. The fraction of sp³-hybridized carbons (Fsp3) is 1.00. The predicted octanol–water partition coefficient (Wildman–Crippen LogP) is 0.954. The number of aliphatic hydroxyl groups is 1. The lowest BCUT2D eigenvalue weighted by Gasteiger charge is -2.13. The van der Waals surface area contributed by atoms with Crippen molar-refractivity contribution in [2.75, 3.05) is 26.4 Å². The lowest BCUT2D eigenvalue weighted by Crippen LogP contribution is -2.18. The van der Waals surface area contributed by atoms with E-state index >= 15 is 0 Å². The van der Waals surface area contributed by atoms with Crippen LogP contribution in [-0.2, 0) is 9.47 Å². The van der Waals surface area contributed by atoms with Crippen LogP contribution in [0.4, 0.5) is 0 Å². The smallest absolute Gasteiger partial charge is 0.0808 e. The third kappa shape index (κ3) is 4.04. The minimum atomic E-state index is 0.216. The van der Waals surface area contributed by atoms with Crippen molar-refractivity contribution in [2.45, 2.75) is 31.8 Å². The summed E-state index contributed by atoms with van der Waals surface area (Å²) in [5.74, 6) is 0. The number of ether oxygens (including phenoxy) is 2. The van der Waals surface area contributed by atoms with Gasteiger partial charge in [-0.15, -0.1) is 0 Å². The van der Waals surface area contributed by atoms with Crippen LogP contribution in [0.3, 0.4) is 0 Å². The first kappa shape index (κ1) is 9.96. The quantitative estimate of drug-likeness (QED) is 0.645. The fourth-order valence-corrected chi connectivity index (χ4v) is 1.32. The highest BCUT2D eigenvalue weighted by Crippen LogP contribution is 2.10. The molecule has 1 unspecified atom stereocenters. The molecule has 1 aliphatic heterocycles. The topological polar surface area (TPSA) is 38.7 Å². The number of hydrogen-bond donors (Lipinski definition) is 1. The van der Waals surface area contributed by atoms with Crippen molar-refractivity contribution >= 4 is 0 Å². The first-order valence-corrected chi connectivity index (χ1v) is 4.73. The molecule has 3 nitrogen and oxygen atoms in total. The average Bonchev–Trinajstić information content (AvgIpc) is 2.33. The predicted molar refractivity (Wildman–Crippen MR) is 46.1 cm³/mol. The van der Waals surface area contributed by atoms with Crippen molar-refractivity contribution in [1.29, 1.82) is 0 Å². The first-order chi connectivity index (χ1) is 5.93. The second kappa shape index (κ2) is 6.40. The molecular formula is C9H18O3. The van der Waals surface area contributed by atoms with E-state index in [0.717, 1.165) is 32.5 Å². The Hall–Kier alpha value is -0.120. The zero-order chi connectivity index (χ0) is 8.65. The van der Waals surface area contributed by atoms with Crippen LogP contribution in [0.15, 0.2) is 0 Å². The van der Waals surface area contributed by atoms with E-state index in [1.807, 2.05) is 0 Å². The van der Waals surface area contributed by atoms with E-state index < -0.39 is 0 Å². The minimum absolute atomic E-state index is 0.216. The summed E-state index contributed by atoms with van der Waals surface area (Å²) in [7, 11) is 0. The van der Waals surface area contributed by atoms with Crippen LogP contribution in [0.5, 0.6) is 0 Å². The Morgan fingerprint density at radius 1 is 1.42 bits per heavy atom. The molecule has 0 spiro atoms. The molecule has 1 N–H and O–H groups in total. The van der Waals surface area contributed by atoms with E-state index in [4.69, 9.17) is 14.6 Å². The maximum absolute atomic E-state index is 8.54. The van der Waals surface area contributed by atoms with Crippen molar-refractivity contribution in [2.24, 2.45) is 0 Å². The maximum atomic E-state index is 8.54. The van der Waals surface area contributed by atoms with E-state index in [9.17, 15) is 0 Å². The lowest BCUT2D eigenvalue weighted by atomic mass is 10.2. The molecule has 1 aliphatic rings. The van der Waals surface area contributed by atoms with Crippen molar-refractivity contribution < 1.29 is 14.6 Å². The third-order valence-electron chi connectivity index (χ3n) is 2.02. The van der Waals surface area contributed by atoms with Crippen LogP contribution in [0.25, 0.3) is 0 Å². The number of rotatable bonds is 4.